The number of rotatable bonds is 3. The molecule has 0 aliphatic carbocycles. The summed E-state index contributed by atoms with van der Waals surface area (Å²) < 4.78 is 0. The van der Waals surface area contributed by atoms with E-state index < -0.39 is 0 Å². The summed E-state index contributed by atoms with van der Waals surface area (Å²) in [5.74, 6) is 0.228. The predicted octanol–water partition coefficient (Wildman–Crippen LogP) is 2.08. The van der Waals surface area contributed by atoms with Gasteiger partial charge in [0.05, 0.1) is 0 Å². The van der Waals surface area contributed by atoms with Crippen LogP contribution in [0.25, 0.3) is 0 Å². The highest BCUT2D eigenvalue weighted by molar-refractivity contribution is 5.18. The molecule has 0 bridgehead atoms. The number of allylic oxidation sites excluding steroid dienone is 4. The quantitative estimate of drug-likeness (QED) is 0.495. The number of hydrogen-bond donors (Lipinski definition) is 1. The zero-order chi connectivity index (χ0) is 8.85. The molecule has 11 heavy (non-hydrogen) atoms. The first-order valence-electron chi connectivity index (χ1n) is 3.45. The van der Waals surface area contributed by atoms with Crippen molar-refractivity contribution in [3.8, 4) is 0 Å². The maximum Gasteiger partial charge on any atom is 0.117 e. The molecule has 0 saturated heterocycles. The van der Waals surface area contributed by atoms with Gasteiger partial charge >= 0.3 is 0 Å². The van der Waals surface area contributed by atoms with Crippen molar-refractivity contribution in [3.05, 3.63) is 36.3 Å². The summed E-state index contributed by atoms with van der Waals surface area (Å²) in [5, 5.41) is 9.16. The molecule has 0 aliphatic rings. The maximum atomic E-state index is 9.16. The lowest BCUT2D eigenvalue weighted by atomic mass is 10.3. The zero-order valence-electron chi connectivity index (χ0n) is 7.33. The van der Waals surface area contributed by atoms with E-state index in [0.717, 1.165) is 5.70 Å². The average molecular weight is 153 g/mol. The molecule has 0 unspecified atom stereocenters. The third-order valence-corrected chi connectivity index (χ3v) is 1.35. The van der Waals surface area contributed by atoms with Gasteiger partial charge in [0.2, 0.25) is 0 Å². The molecule has 0 spiro atoms. The normalized spacial score (nSPS) is 13.0. The van der Waals surface area contributed by atoms with Crippen LogP contribution in [0.3, 0.4) is 0 Å². The van der Waals surface area contributed by atoms with Gasteiger partial charge in [-0.25, -0.2) is 0 Å². The Hall–Kier alpha value is -1.18. The lowest BCUT2D eigenvalue weighted by Crippen LogP contribution is -2.08. The molecular weight excluding hydrogens is 138 g/mol. The third-order valence-electron chi connectivity index (χ3n) is 1.35. The molecule has 62 valence electrons. The fourth-order valence-corrected chi connectivity index (χ4v) is 0.512. The average Bonchev–Trinajstić information content (AvgIpc) is 1.87. The topological polar surface area (TPSA) is 23.5 Å². The van der Waals surface area contributed by atoms with Crippen LogP contribution in [0.2, 0.25) is 0 Å². The molecule has 0 aliphatic heterocycles. The fourth-order valence-electron chi connectivity index (χ4n) is 0.512. The molecule has 0 aromatic carbocycles. The van der Waals surface area contributed by atoms with E-state index >= 15 is 0 Å². The Kier molecular flexibility index (Phi) is 4.11. The van der Waals surface area contributed by atoms with Gasteiger partial charge in [-0.3, -0.25) is 0 Å². The first-order chi connectivity index (χ1) is 5.07. The lowest BCUT2D eigenvalue weighted by Gasteiger charge is -2.11. The molecule has 0 radical (unpaired) electrons. The van der Waals surface area contributed by atoms with E-state index in [1.54, 1.807) is 18.2 Å². The number of nitrogens with zero attached hydrogens (tertiary/aromatic N) is 1. The molecule has 0 heterocycles. The zero-order valence-corrected chi connectivity index (χ0v) is 7.33. The van der Waals surface area contributed by atoms with Crippen molar-refractivity contribution >= 4 is 0 Å². The highest BCUT2D eigenvalue weighted by Gasteiger charge is 1.91. The van der Waals surface area contributed by atoms with Crippen LogP contribution >= 0.6 is 0 Å². The fraction of sp³-hybridized carbons (Fsp3) is 0.333. The summed E-state index contributed by atoms with van der Waals surface area (Å²) in [6.45, 7) is 5.40. The minimum Gasteiger partial charge on any atom is -0.508 e. The largest absolute Gasteiger partial charge is 0.508 e. The molecule has 0 amide bonds. The van der Waals surface area contributed by atoms with Crippen molar-refractivity contribution in [1.82, 2.24) is 4.90 Å². The molecule has 2 heteroatoms. The van der Waals surface area contributed by atoms with E-state index in [0.29, 0.717) is 0 Å². The van der Waals surface area contributed by atoms with Crippen LogP contribution in [0.4, 0.5) is 0 Å². The Balaban J connectivity index is 4.30. The maximum absolute atomic E-state index is 9.16. The summed E-state index contributed by atoms with van der Waals surface area (Å²) in [6.07, 6.45) is 4.78. The Morgan fingerprint density at radius 3 is 2.36 bits per heavy atom. The van der Waals surface area contributed by atoms with Gasteiger partial charge in [-0.05, 0) is 19.1 Å². The van der Waals surface area contributed by atoms with Crippen molar-refractivity contribution < 1.29 is 5.11 Å². The van der Waals surface area contributed by atoms with E-state index in [4.69, 9.17) is 5.11 Å². The lowest BCUT2D eigenvalue weighted by molar-refractivity contribution is 0.425. The van der Waals surface area contributed by atoms with Gasteiger partial charge in [0.25, 0.3) is 0 Å². The third kappa shape index (κ3) is 4.25. The second kappa shape index (κ2) is 4.61. The smallest absolute Gasteiger partial charge is 0.117 e. The summed E-state index contributed by atoms with van der Waals surface area (Å²) in [5.41, 5.74) is 1.00. The first kappa shape index (κ1) is 9.82. The molecular formula is C9H15NO. The van der Waals surface area contributed by atoms with Gasteiger partial charge in [-0.15, -0.1) is 0 Å². The second-order valence-electron chi connectivity index (χ2n) is 2.51. The van der Waals surface area contributed by atoms with Gasteiger partial charge in [-0.1, -0.05) is 12.7 Å². The standard InChI is InChI=1S/C9H15NO/c1-5-6-9(11)7-8(2)10(3)4/h5-7,11H,1H2,2-4H3/b8-7+,9-6+. The Morgan fingerprint density at radius 1 is 1.45 bits per heavy atom. The van der Waals surface area contributed by atoms with Gasteiger partial charge in [0.15, 0.2) is 0 Å². The molecule has 0 saturated carbocycles. The minimum atomic E-state index is 0.228. The van der Waals surface area contributed by atoms with Crippen LogP contribution in [-0.2, 0) is 0 Å². The van der Waals surface area contributed by atoms with Crippen molar-refractivity contribution in [2.75, 3.05) is 14.1 Å². The molecule has 0 aromatic rings. The van der Waals surface area contributed by atoms with E-state index in [2.05, 4.69) is 6.58 Å². The van der Waals surface area contributed by atoms with Crippen LogP contribution in [0, 0.1) is 0 Å². The first-order valence-corrected chi connectivity index (χ1v) is 3.45. The van der Waals surface area contributed by atoms with E-state index in [-0.39, 0.29) is 5.76 Å². The molecule has 0 rings (SSSR count). The number of aliphatic hydroxyl groups is 1. The molecule has 1 N–H and O–H groups in total. The van der Waals surface area contributed by atoms with Crippen LogP contribution in [0.15, 0.2) is 36.3 Å². The summed E-state index contributed by atoms with van der Waals surface area (Å²) >= 11 is 0. The molecule has 2 nitrogen and oxygen atoms in total. The number of hydrogen-bond acceptors (Lipinski definition) is 2. The van der Waals surface area contributed by atoms with Crippen LogP contribution in [-0.4, -0.2) is 24.1 Å². The van der Waals surface area contributed by atoms with E-state index in [1.165, 1.54) is 0 Å². The monoisotopic (exact) mass is 153 g/mol. The number of aliphatic hydroxyl groups excluding tert-OH is 1. The van der Waals surface area contributed by atoms with Gasteiger partial charge < -0.3 is 10.0 Å². The Morgan fingerprint density at radius 2 is 2.00 bits per heavy atom. The highest BCUT2D eigenvalue weighted by atomic mass is 16.3. The molecule has 0 atom stereocenters. The van der Waals surface area contributed by atoms with Crippen LogP contribution < -0.4 is 0 Å². The Labute approximate surface area is 68.1 Å². The minimum absolute atomic E-state index is 0.228. The molecule has 0 aromatic heterocycles. The van der Waals surface area contributed by atoms with Crippen LogP contribution in [0.1, 0.15) is 6.92 Å². The predicted molar refractivity (Wildman–Crippen MR) is 48.4 cm³/mol. The van der Waals surface area contributed by atoms with Gasteiger partial charge in [0, 0.05) is 19.8 Å². The summed E-state index contributed by atoms with van der Waals surface area (Å²) in [6, 6.07) is 0. The van der Waals surface area contributed by atoms with Crippen molar-refractivity contribution in [3.63, 3.8) is 0 Å². The van der Waals surface area contributed by atoms with Gasteiger partial charge in [-0.2, -0.15) is 0 Å². The summed E-state index contributed by atoms with van der Waals surface area (Å²) in [4.78, 5) is 1.92. The van der Waals surface area contributed by atoms with E-state index in [9.17, 15) is 0 Å². The summed E-state index contributed by atoms with van der Waals surface area (Å²) in [7, 11) is 3.85. The van der Waals surface area contributed by atoms with Crippen molar-refractivity contribution in [2.24, 2.45) is 0 Å². The molecule has 0 fully saturated rings. The SMILES string of the molecule is C=C/C=C(O)\C=C(/C)N(C)C. The highest BCUT2D eigenvalue weighted by Crippen LogP contribution is 2.01. The van der Waals surface area contributed by atoms with E-state index in [1.807, 2.05) is 25.9 Å². The Bertz CT molecular complexity index is 190. The van der Waals surface area contributed by atoms with Crippen LogP contribution in [0.5, 0.6) is 0 Å². The van der Waals surface area contributed by atoms with Gasteiger partial charge in [0.1, 0.15) is 5.76 Å². The second-order valence-corrected chi connectivity index (χ2v) is 2.51. The van der Waals surface area contributed by atoms with Crippen molar-refractivity contribution in [1.29, 1.82) is 0 Å². The van der Waals surface area contributed by atoms with Crippen molar-refractivity contribution in [2.45, 2.75) is 6.92 Å².